The number of carbonyl (C=O) groups excluding carboxylic acids is 1. The number of carbonyl (C=O) groups is 2. The number of pyridine rings is 2. The van der Waals surface area contributed by atoms with E-state index in [1.807, 2.05) is 32.6 Å². The average molecular weight is 609 g/mol. The molecule has 1 aliphatic rings. The number of nitrogens with zero attached hydrogens (tertiary/aromatic N) is 6. The number of fused-ring (bicyclic) bond motifs is 1. The molecule has 1 atom stereocenters. The summed E-state index contributed by atoms with van der Waals surface area (Å²) in [4.78, 5) is 54.8. The van der Waals surface area contributed by atoms with Crippen LogP contribution < -0.4 is 10.6 Å². The second-order valence-electron chi connectivity index (χ2n) is 10.7. The van der Waals surface area contributed by atoms with Gasteiger partial charge in [-0.05, 0) is 55.7 Å². The number of esters is 1. The Hall–Kier alpha value is -4.58. The van der Waals surface area contributed by atoms with E-state index < -0.39 is 23.6 Å². The number of hydrogen-bond acceptors (Lipinski definition) is 8. The van der Waals surface area contributed by atoms with Gasteiger partial charge in [-0.25, -0.2) is 28.3 Å². The van der Waals surface area contributed by atoms with Crippen molar-refractivity contribution in [3.8, 4) is 16.9 Å². The molecule has 5 rings (SSSR count). The summed E-state index contributed by atoms with van der Waals surface area (Å²) < 4.78 is 21.4. The van der Waals surface area contributed by atoms with Gasteiger partial charge in [0, 0.05) is 37.4 Å². The van der Waals surface area contributed by atoms with Crippen LogP contribution in [0.15, 0.2) is 41.3 Å². The van der Waals surface area contributed by atoms with Crippen LogP contribution in [-0.4, -0.2) is 74.4 Å². The molecule has 0 radical (unpaired) electrons. The van der Waals surface area contributed by atoms with Gasteiger partial charge in [0.05, 0.1) is 40.2 Å². The fraction of sp³-hybridized carbons (Fsp3) is 0.333. The highest BCUT2D eigenvalue weighted by atomic mass is 35.5. The maximum atomic E-state index is 15.3. The van der Waals surface area contributed by atoms with Crippen molar-refractivity contribution in [2.45, 2.75) is 39.7 Å². The highest BCUT2D eigenvalue weighted by Gasteiger charge is 2.31. The van der Waals surface area contributed by atoms with E-state index in [-0.39, 0.29) is 64.9 Å². The fourth-order valence-electron chi connectivity index (χ4n) is 5.40. The number of aromatic nitrogens is 4. The number of rotatable bonds is 5. The topological polar surface area (TPSA) is 131 Å². The molecule has 11 nitrogen and oxygen atoms in total. The third kappa shape index (κ3) is 5.38. The van der Waals surface area contributed by atoms with Gasteiger partial charge in [-0.15, -0.1) is 0 Å². The van der Waals surface area contributed by atoms with Crippen molar-refractivity contribution in [1.29, 1.82) is 0 Å². The first-order chi connectivity index (χ1) is 20.4. The molecule has 1 aromatic carbocycles. The molecule has 224 valence electrons. The number of piperazine rings is 1. The lowest BCUT2D eigenvalue weighted by atomic mass is 10.0. The van der Waals surface area contributed by atoms with Crippen LogP contribution in [0.25, 0.3) is 28.0 Å². The van der Waals surface area contributed by atoms with E-state index in [9.17, 15) is 19.5 Å². The van der Waals surface area contributed by atoms with Gasteiger partial charge in [-0.3, -0.25) is 4.98 Å². The summed E-state index contributed by atoms with van der Waals surface area (Å²) in [7, 11) is 1.22. The highest BCUT2D eigenvalue weighted by molar-refractivity contribution is 6.34. The third-order valence-electron chi connectivity index (χ3n) is 7.54. The molecule has 1 saturated heterocycles. The molecule has 0 saturated carbocycles. The monoisotopic (exact) mass is 608 g/mol. The van der Waals surface area contributed by atoms with Crippen molar-refractivity contribution in [3.05, 3.63) is 74.7 Å². The van der Waals surface area contributed by atoms with Crippen LogP contribution in [0.3, 0.4) is 0 Å². The van der Waals surface area contributed by atoms with E-state index in [1.165, 1.54) is 28.7 Å². The molecule has 0 bridgehead atoms. The molecule has 4 aromatic rings. The number of hydrogen-bond donors (Lipinski definition) is 1. The lowest BCUT2D eigenvalue weighted by Crippen LogP contribution is -2.54. The minimum atomic E-state index is -1.03. The quantitative estimate of drug-likeness (QED) is 0.310. The summed E-state index contributed by atoms with van der Waals surface area (Å²) in [6, 6.07) is 6.74. The van der Waals surface area contributed by atoms with Gasteiger partial charge in [0.25, 0.3) is 0 Å². The number of carboxylic acid groups (broad SMARTS) is 1. The van der Waals surface area contributed by atoms with Crippen molar-refractivity contribution in [2.24, 2.45) is 0 Å². The summed E-state index contributed by atoms with van der Waals surface area (Å²) in [5.74, 6) is -1.13. The molecule has 0 unspecified atom stereocenters. The second kappa shape index (κ2) is 11.6. The van der Waals surface area contributed by atoms with E-state index in [4.69, 9.17) is 21.3 Å². The number of halogens is 2. The van der Waals surface area contributed by atoms with Crippen LogP contribution in [0.2, 0.25) is 5.02 Å². The molecule has 0 aliphatic carbocycles. The van der Waals surface area contributed by atoms with Gasteiger partial charge in [0.15, 0.2) is 5.65 Å². The van der Waals surface area contributed by atoms with Gasteiger partial charge in [0.1, 0.15) is 11.6 Å². The molecule has 0 spiro atoms. The van der Waals surface area contributed by atoms with Crippen molar-refractivity contribution in [2.75, 3.05) is 31.6 Å². The Balaban J connectivity index is 1.84. The van der Waals surface area contributed by atoms with Gasteiger partial charge < -0.3 is 19.6 Å². The zero-order chi connectivity index (χ0) is 31.2. The maximum Gasteiger partial charge on any atom is 0.407 e. The highest BCUT2D eigenvalue weighted by Crippen LogP contribution is 2.36. The van der Waals surface area contributed by atoms with E-state index in [1.54, 1.807) is 18.3 Å². The predicted octanol–water partition coefficient (Wildman–Crippen LogP) is 5.04. The number of benzene rings is 1. The van der Waals surface area contributed by atoms with Gasteiger partial charge in [-0.2, -0.15) is 4.98 Å². The number of aryl methyl sites for hydroxylation is 1. The zero-order valence-corrected chi connectivity index (χ0v) is 25.0. The van der Waals surface area contributed by atoms with Crippen molar-refractivity contribution < 1.29 is 23.8 Å². The van der Waals surface area contributed by atoms with Crippen LogP contribution >= 0.6 is 11.6 Å². The number of methoxy groups -OCH3 is 1. The Kier molecular flexibility index (Phi) is 8.06. The summed E-state index contributed by atoms with van der Waals surface area (Å²) >= 11 is 6.76. The Morgan fingerprint density at radius 3 is 2.56 bits per heavy atom. The van der Waals surface area contributed by atoms with E-state index in [2.05, 4.69) is 9.97 Å². The molecule has 1 N–H and O–H groups in total. The van der Waals surface area contributed by atoms with Crippen LogP contribution in [0.4, 0.5) is 15.0 Å². The molecule has 13 heteroatoms. The Bertz CT molecular complexity index is 1830. The van der Waals surface area contributed by atoms with Crippen LogP contribution in [0, 0.1) is 12.7 Å². The molecule has 43 heavy (non-hydrogen) atoms. The zero-order valence-electron chi connectivity index (χ0n) is 24.3. The van der Waals surface area contributed by atoms with Gasteiger partial charge >= 0.3 is 17.8 Å². The summed E-state index contributed by atoms with van der Waals surface area (Å²) in [5.41, 5.74) is 1.46. The normalized spacial score (nSPS) is 15.3. The first-order valence-corrected chi connectivity index (χ1v) is 14.0. The summed E-state index contributed by atoms with van der Waals surface area (Å²) in [6.07, 6.45) is 0.634. The van der Waals surface area contributed by atoms with Gasteiger partial charge in [0.2, 0.25) is 0 Å². The predicted molar refractivity (Wildman–Crippen MR) is 160 cm³/mol. The molecule has 3 aromatic heterocycles. The largest absolute Gasteiger partial charge is 0.465 e. The van der Waals surface area contributed by atoms with E-state index in [0.717, 1.165) is 11.6 Å². The SMILES string of the molecule is COC(=O)c1ccc(F)c(-c2nc3c(cc2Cl)c(N2CCN(C(=O)O)C[C@@H]2C)nc(=O)n3-c2c(C)ccnc2C(C)C)c1. The van der Waals surface area contributed by atoms with E-state index >= 15 is 4.39 Å². The van der Waals surface area contributed by atoms with Gasteiger partial charge in [-0.1, -0.05) is 25.4 Å². The maximum absolute atomic E-state index is 15.3. The summed E-state index contributed by atoms with van der Waals surface area (Å²) in [5, 5.41) is 9.97. The minimum absolute atomic E-state index is 0.0131. The fourth-order valence-corrected chi connectivity index (χ4v) is 5.65. The first kappa shape index (κ1) is 29.9. The lowest BCUT2D eigenvalue weighted by Gasteiger charge is -2.39. The molecule has 1 aliphatic heterocycles. The molecule has 4 heterocycles. The first-order valence-electron chi connectivity index (χ1n) is 13.6. The second-order valence-corrected chi connectivity index (χ2v) is 11.1. The Labute approximate surface area is 251 Å². The number of anilines is 1. The molecular weight excluding hydrogens is 579 g/mol. The van der Waals surface area contributed by atoms with Crippen molar-refractivity contribution in [3.63, 3.8) is 0 Å². The standard InChI is InChI=1S/C30H30ClFN6O5/c1-15(2)23-25(16(3)8-9-33-23)38-27-20(26(35-29(38)40)37-11-10-36(30(41)42)14-17(37)4)13-21(31)24(34-27)19-12-18(28(39)43-5)6-7-22(19)32/h6-9,12-13,15,17H,10-11,14H2,1-5H3,(H,41,42)/t17-/m0/s1. The average Bonchev–Trinajstić information content (AvgIpc) is 2.97. The minimum Gasteiger partial charge on any atom is -0.465 e. The van der Waals surface area contributed by atoms with Crippen LogP contribution in [0.1, 0.15) is 48.3 Å². The number of amides is 1. The van der Waals surface area contributed by atoms with Crippen LogP contribution in [0.5, 0.6) is 0 Å². The molecular formula is C30H30ClFN6O5. The third-order valence-corrected chi connectivity index (χ3v) is 7.83. The smallest absolute Gasteiger partial charge is 0.407 e. The molecule has 1 amide bonds. The molecule has 1 fully saturated rings. The Morgan fingerprint density at radius 1 is 1.16 bits per heavy atom. The van der Waals surface area contributed by atoms with Crippen LogP contribution in [-0.2, 0) is 4.74 Å². The Morgan fingerprint density at radius 2 is 1.91 bits per heavy atom. The number of ether oxygens (including phenoxy) is 1. The van der Waals surface area contributed by atoms with E-state index in [0.29, 0.717) is 16.8 Å². The summed E-state index contributed by atoms with van der Waals surface area (Å²) in [6.45, 7) is 8.27. The lowest BCUT2D eigenvalue weighted by molar-refractivity contribution is 0.0600. The van der Waals surface area contributed by atoms with Crippen molar-refractivity contribution in [1.82, 2.24) is 24.4 Å². The van der Waals surface area contributed by atoms with Crippen molar-refractivity contribution >= 4 is 40.5 Å².